The molecule has 0 N–H and O–H groups in total. The Morgan fingerprint density at radius 2 is 2.47 bits per heavy atom. The van der Waals surface area contributed by atoms with Crippen molar-refractivity contribution in [1.29, 1.82) is 0 Å². The van der Waals surface area contributed by atoms with Crippen LogP contribution in [-0.4, -0.2) is 43.4 Å². The number of carbonyl (C=O) groups is 1. The van der Waals surface area contributed by atoms with Gasteiger partial charge < -0.3 is 14.4 Å². The van der Waals surface area contributed by atoms with Crippen LogP contribution >= 0.6 is 11.3 Å². The fourth-order valence-electron chi connectivity index (χ4n) is 2.08. The first-order chi connectivity index (χ1) is 9.24. The number of rotatable bonds is 6. The highest BCUT2D eigenvalue weighted by atomic mass is 32.1. The molecule has 0 aromatic carbocycles. The topological polar surface area (TPSA) is 51.7 Å². The number of carbonyl (C=O) groups excluding carboxylic acids is 1. The summed E-state index contributed by atoms with van der Waals surface area (Å²) in [4.78, 5) is 18.1. The van der Waals surface area contributed by atoms with Gasteiger partial charge in [0.05, 0.1) is 12.7 Å². The van der Waals surface area contributed by atoms with E-state index in [1.54, 1.807) is 12.3 Å². The molecule has 2 rings (SSSR count). The fourth-order valence-corrected chi connectivity index (χ4v) is 2.95. The lowest BCUT2D eigenvalue weighted by molar-refractivity contribution is 0.0520. The molecule has 0 radical (unpaired) electrons. The first-order valence-corrected chi connectivity index (χ1v) is 7.61. The smallest absolute Gasteiger partial charge is 0.357 e. The van der Waals surface area contributed by atoms with Crippen LogP contribution in [0.2, 0.25) is 0 Å². The number of nitrogens with zero attached hydrogens (tertiary/aromatic N) is 2. The molecule has 1 atom stereocenters. The zero-order chi connectivity index (χ0) is 13.7. The summed E-state index contributed by atoms with van der Waals surface area (Å²) in [5.41, 5.74) is 0.396. The number of aromatic nitrogens is 1. The van der Waals surface area contributed by atoms with E-state index in [1.165, 1.54) is 11.3 Å². The molecule has 1 aliphatic rings. The number of esters is 1. The number of thiazole rings is 1. The van der Waals surface area contributed by atoms with Crippen LogP contribution in [0.4, 0.5) is 5.13 Å². The molecule has 0 bridgehead atoms. The molecule has 1 aliphatic heterocycles. The predicted octanol–water partition coefficient (Wildman–Crippen LogP) is 2.33. The van der Waals surface area contributed by atoms with Gasteiger partial charge in [-0.25, -0.2) is 9.78 Å². The molecule has 106 valence electrons. The summed E-state index contributed by atoms with van der Waals surface area (Å²) >= 11 is 1.48. The molecule has 1 aromatic rings. The lowest BCUT2D eigenvalue weighted by Crippen LogP contribution is -2.32. The predicted molar refractivity (Wildman–Crippen MR) is 74.9 cm³/mol. The monoisotopic (exact) mass is 284 g/mol. The van der Waals surface area contributed by atoms with Crippen LogP contribution < -0.4 is 4.90 Å². The maximum atomic E-state index is 11.6. The van der Waals surface area contributed by atoms with Gasteiger partial charge in [0.1, 0.15) is 0 Å². The van der Waals surface area contributed by atoms with Crippen molar-refractivity contribution in [3.05, 3.63) is 11.1 Å². The maximum Gasteiger partial charge on any atom is 0.357 e. The Kier molecular flexibility index (Phi) is 5.15. The number of hydrogen-bond donors (Lipinski definition) is 0. The second-order valence-electron chi connectivity index (χ2n) is 4.41. The van der Waals surface area contributed by atoms with Gasteiger partial charge in [-0.15, -0.1) is 11.3 Å². The highest BCUT2D eigenvalue weighted by Crippen LogP contribution is 2.23. The van der Waals surface area contributed by atoms with Crippen LogP contribution in [0.25, 0.3) is 0 Å². The summed E-state index contributed by atoms with van der Waals surface area (Å²) in [7, 11) is 0. The normalized spacial score (nSPS) is 18.5. The van der Waals surface area contributed by atoms with Crippen molar-refractivity contribution in [3.63, 3.8) is 0 Å². The third kappa shape index (κ3) is 3.67. The van der Waals surface area contributed by atoms with E-state index in [4.69, 9.17) is 9.47 Å². The third-order valence-corrected chi connectivity index (χ3v) is 3.98. The Labute approximate surface area is 117 Å². The average Bonchev–Trinajstić information content (AvgIpc) is 3.07. The van der Waals surface area contributed by atoms with Gasteiger partial charge in [0, 0.05) is 25.1 Å². The molecule has 1 unspecified atom stereocenters. The first-order valence-electron chi connectivity index (χ1n) is 6.73. The van der Waals surface area contributed by atoms with Crippen LogP contribution in [0.1, 0.15) is 37.2 Å². The number of hydrogen-bond acceptors (Lipinski definition) is 6. The van der Waals surface area contributed by atoms with Gasteiger partial charge in [-0.3, -0.25) is 0 Å². The van der Waals surface area contributed by atoms with Crippen molar-refractivity contribution in [3.8, 4) is 0 Å². The summed E-state index contributed by atoms with van der Waals surface area (Å²) in [5, 5.41) is 2.62. The molecule has 1 fully saturated rings. The highest BCUT2D eigenvalue weighted by Gasteiger charge is 2.21. The minimum absolute atomic E-state index is 0.287. The Bertz CT molecular complexity index is 416. The van der Waals surface area contributed by atoms with E-state index in [0.29, 0.717) is 12.3 Å². The summed E-state index contributed by atoms with van der Waals surface area (Å²) in [6.45, 7) is 6.80. The lowest BCUT2D eigenvalue weighted by atomic mass is 10.2. The molecule has 5 nitrogen and oxygen atoms in total. The van der Waals surface area contributed by atoms with E-state index in [-0.39, 0.29) is 12.1 Å². The Morgan fingerprint density at radius 3 is 3.11 bits per heavy atom. The van der Waals surface area contributed by atoms with E-state index in [1.807, 2.05) is 0 Å². The SMILES string of the molecule is CCOC(=O)c1csc(N(CC)CC2CCCO2)n1. The molecule has 6 heteroatoms. The van der Waals surface area contributed by atoms with Crippen LogP contribution in [0.3, 0.4) is 0 Å². The molecule has 0 saturated carbocycles. The van der Waals surface area contributed by atoms with Crippen molar-refractivity contribution in [2.75, 3.05) is 31.2 Å². The highest BCUT2D eigenvalue weighted by molar-refractivity contribution is 7.13. The first kappa shape index (κ1) is 14.3. The molecule has 1 saturated heterocycles. The van der Waals surface area contributed by atoms with E-state index in [2.05, 4.69) is 16.8 Å². The summed E-state index contributed by atoms with van der Waals surface area (Å²) in [5.74, 6) is -0.349. The minimum atomic E-state index is -0.349. The van der Waals surface area contributed by atoms with E-state index in [9.17, 15) is 4.79 Å². The molecule has 0 aliphatic carbocycles. The molecule has 0 amide bonds. The second-order valence-corrected chi connectivity index (χ2v) is 5.25. The molecule has 0 spiro atoms. The summed E-state index contributed by atoms with van der Waals surface area (Å²) in [6, 6.07) is 0. The van der Waals surface area contributed by atoms with Crippen molar-refractivity contribution < 1.29 is 14.3 Å². The van der Waals surface area contributed by atoms with Gasteiger partial charge in [0.2, 0.25) is 0 Å². The number of likely N-dealkylation sites (N-methyl/N-ethyl adjacent to an activating group) is 1. The van der Waals surface area contributed by atoms with Gasteiger partial charge in [-0.2, -0.15) is 0 Å². The van der Waals surface area contributed by atoms with Crippen LogP contribution in [0, 0.1) is 0 Å². The molecular formula is C13H20N2O3S. The largest absolute Gasteiger partial charge is 0.461 e. The quantitative estimate of drug-likeness (QED) is 0.750. The van der Waals surface area contributed by atoms with Gasteiger partial charge in [0.15, 0.2) is 10.8 Å². The van der Waals surface area contributed by atoms with Crippen LogP contribution in [-0.2, 0) is 9.47 Å². The van der Waals surface area contributed by atoms with Gasteiger partial charge in [0.25, 0.3) is 0 Å². The van der Waals surface area contributed by atoms with Crippen molar-refractivity contribution in [1.82, 2.24) is 4.98 Å². The standard InChI is InChI=1S/C13H20N2O3S/c1-3-15(8-10-6-5-7-18-10)13-14-11(9-19-13)12(16)17-4-2/h9-10H,3-8H2,1-2H3. The van der Waals surface area contributed by atoms with E-state index < -0.39 is 0 Å². The van der Waals surface area contributed by atoms with Gasteiger partial charge in [-0.05, 0) is 26.7 Å². The Morgan fingerprint density at radius 1 is 1.63 bits per heavy atom. The maximum absolute atomic E-state index is 11.6. The number of ether oxygens (including phenoxy) is 2. The zero-order valence-corrected chi connectivity index (χ0v) is 12.2. The third-order valence-electron chi connectivity index (χ3n) is 3.08. The molecule has 19 heavy (non-hydrogen) atoms. The molecule has 2 heterocycles. The summed E-state index contributed by atoms with van der Waals surface area (Å²) in [6.07, 6.45) is 2.52. The van der Waals surface area contributed by atoms with Crippen LogP contribution in [0.15, 0.2) is 5.38 Å². The van der Waals surface area contributed by atoms with Crippen molar-refractivity contribution in [2.45, 2.75) is 32.8 Å². The Balaban J connectivity index is 1.99. The van der Waals surface area contributed by atoms with E-state index in [0.717, 1.165) is 37.7 Å². The van der Waals surface area contributed by atoms with Gasteiger partial charge >= 0.3 is 5.97 Å². The molecule has 1 aromatic heterocycles. The fraction of sp³-hybridized carbons (Fsp3) is 0.692. The minimum Gasteiger partial charge on any atom is -0.461 e. The summed E-state index contributed by atoms with van der Waals surface area (Å²) < 4.78 is 10.6. The van der Waals surface area contributed by atoms with Crippen molar-refractivity contribution >= 4 is 22.4 Å². The van der Waals surface area contributed by atoms with Crippen molar-refractivity contribution in [2.24, 2.45) is 0 Å². The van der Waals surface area contributed by atoms with Gasteiger partial charge in [-0.1, -0.05) is 0 Å². The average molecular weight is 284 g/mol. The lowest BCUT2D eigenvalue weighted by Gasteiger charge is -2.23. The van der Waals surface area contributed by atoms with Crippen LogP contribution in [0.5, 0.6) is 0 Å². The second kappa shape index (κ2) is 6.86. The Hall–Kier alpha value is -1.14. The molecular weight excluding hydrogens is 264 g/mol. The number of anilines is 1. The zero-order valence-electron chi connectivity index (χ0n) is 11.4. The van der Waals surface area contributed by atoms with E-state index >= 15 is 0 Å².